The van der Waals surface area contributed by atoms with Crippen molar-refractivity contribution in [1.82, 2.24) is 0 Å². The van der Waals surface area contributed by atoms with Crippen LogP contribution in [0.15, 0.2) is 36.4 Å². The normalized spacial score (nSPS) is 11.0. The number of hydrogen-bond donors (Lipinski definition) is 2. The van der Waals surface area contributed by atoms with Gasteiger partial charge in [-0.05, 0) is 47.9 Å². The first kappa shape index (κ1) is 25.3. The lowest BCUT2D eigenvalue weighted by atomic mass is 10.00. The highest BCUT2D eigenvalue weighted by Crippen LogP contribution is 2.25. The molecule has 3 nitrogen and oxygen atoms in total. The van der Waals surface area contributed by atoms with E-state index in [4.69, 9.17) is 4.74 Å². The maximum atomic E-state index is 5.95. The lowest BCUT2D eigenvalue weighted by Crippen LogP contribution is -2.17. The van der Waals surface area contributed by atoms with Gasteiger partial charge in [0, 0.05) is 24.5 Å². The van der Waals surface area contributed by atoms with Gasteiger partial charge in [-0.1, -0.05) is 89.8 Å². The first-order valence-electron chi connectivity index (χ1n) is 12.5. The molecule has 0 bridgehead atoms. The van der Waals surface area contributed by atoms with Crippen molar-refractivity contribution in [2.45, 2.75) is 79.1 Å². The first-order valence-corrected chi connectivity index (χ1v) is 12.5. The summed E-state index contributed by atoms with van der Waals surface area (Å²) in [6.07, 6.45) is 9.20. The van der Waals surface area contributed by atoms with Crippen LogP contribution < -0.4 is 10.6 Å². The van der Waals surface area contributed by atoms with Crippen LogP contribution in [0.4, 0.5) is 11.4 Å². The number of rotatable bonds is 16. The molecule has 0 heterocycles. The Bertz CT molecular complexity index is 645. The molecule has 0 fully saturated rings. The molecular weight excluding hydrogens is 380 g/mol. The number of nitrogens with one attached hydrogen (secondary N) is 2. The molecule has 0 aromatic heterocycles. The SMILES string of the molecule is CCCc1cccc(CCC)c1NCCOCCNc1c(CCC)cccc1CCC. The molecular formula is C28H44N2O. The molecule has 0 atom stereocenters. The van der Waals surface area contributed by atoms with Gasteiger partial charge in [0.25, 0.3) is 0 Å². The molecule has 0 radical (unpaired) electrons. The standard InChI is InChI=1S/C28H44N2O/c1-5-11-23-15-9-16-24(12-6-2)27(23)29-19-21-31-22-20-30-28-25(13-7-3)17-10-18-26(28)14-8-4/h9-10,15-18,29-30H,5-8,11-14,19-22H2,1-4H3. The molecule has 172 valence electrons. The summed E-state index contributed by atoms with van der Waals surface area (Å²) in [6.45, 7) is 12.1. The lowest BCUT2D eigenvalue weighted by Gasteiger charge is -2.18. The van der Waals surface area contributed by atoms with E-state index in [0.717, 1.165) is 52.0 Å². The molecule has 2 N–H and O–H groups in total. The summed E-state index contributed by atoms with van der Waals surface area (Å²) in [7, 11) is 0. The van der Waals surface area contributed by atoms with E-state index in [9.17, 15) is 0 Å². The quantitative estimate of drug-likeness (QED) is 0.284. The third kappa shape index (κ3) is 8.22. The highest BCUT2D eigenvalue weighted by atomic mass is 16.5. The zero-order chi connectivity index (χ0) is 22.3. The molecule has 31 heavy (non-hydrogen) atoms. The molecule has 0 saturated heterocycles. The fourth-order valence-corrected chi connectivity index (χ4v) is 4.27. The van der Waals surface area contributed by atoms with Crippen molar-refractivity contribution < 1.29 is 4.74 Å². The predicted molar refractivity (Wildman–Crippen MR) is 137 cm³/mol. The number of aryl methyl sites for hydroxylation is 4. The summed E-state index contributed by atoms with van der Waals surface area (Å²) < 4.78 is 5.95. The second-order valence-corrected chi connectivity index (χ2v) is 8.37. The van der Waals surface area contributed by atoms with Crippen LogP contribution in [0.3, 0.4) is 0 Å². The number of para-hydroxylation sites is 2. The molecule has 2 aromatic carbocycles. The van der Waals surface area contributed by atoms with Crippen molar-refractivity contribution in [3.05, 3.63) is 58.7 Å². The third-order valence-corrected chi connectivity index (χ3v) is 5.65. The van der Waals surface area contributed by atoms with Crippen molar-refractivity contribution >= 4 is 11.4 Å². The molecule has 0 aliphatic carbocycles. The van der Waals surface area contributed by atoms with Gasteiger partial charge in [0.2, 0.25) is 0 Å². The minimum atomic E-state index is 0.728. The molecule has 2 rings (SSSR count). The van der Waals surface area contributed by atoms with E-state index in [2.05, 4.69) is 74.7 Å². The van der Waals surface area contributed by atoms with E-state index in [1.807, 2.05) is 0 Å². The monoisotopic (exact) mass is 424 g/mol. The maximum Gasteiger partial charge on any atom is 0.0639 e. The summed E-state index contributed by atoms with van der Waals surface area (Å²) in [5.41, 5.74) is 8.42. The van der Waals surface area contributed by atoms with E-state index >= 15 is 0 Å². The van der Waals surface area contributed by atoms with Crippen LogP contribution in [0.25, 0.3) is 0 Å². The van der Waals surface area contributed by atoms with Crippen LogP contribution in [-0.4, -0.2) is 26.3 Å². The van der Waals surface area contributed by atoms with Gasteiger partial charge >= 0.3 is 0 Å². The smallest absolute Gasteiger partial charge is 0.0639 e. The van der Waals surface area contributed by atoms with E-state index in [0.29, 0.717) is 0 Å². The fraction of sp³-hybridized carbons (Fsp3) is 0.571. The Morgan fingerprint density at radius 3 is 1.16 bits per heavy atom. The lowest BCUT2D eigenvalue weighted by molar-refractivity contribution is 0.154. The number of ether oxygens (including phenoxy) is 1. The summed E-state index contributed by atoms with van der Waals surface area (Å²) in [5.74, 6) is 0. The molecule has 0 spiro atoms. The highest BCUT2D eigenvalue weighted by Gasteiger charge is 2.08. The second-order valence-electron chi connectivity index (χ2n) is 8.37. The van der Waals surface area contributed by atoms with Gasteiger partial charge in [-0.15, -0.1) is 0 Å². The van der Waals surface area contributed by atoms with Crippen LogP contribution in [0.1, 0.15) is 75.6 Å². The third-order valence-electron chi connectivity index (χ3n) is 5.65. The Morgan fingerprint density at radius 1 is 0.548 bits per heavy atom. The number of anilines is 2. The Morgan fingerprint density at radius 2 is 0.871 bits per heavy atom. The topological polar surface area (TPSA) is 33.3 Å². The van der Waals surface area contributed by atoms with Crippen molar-refractivity contribution in [2.75, 3.05) is 36.9 Å². The van der Waals surface area contributed by atoms with Crippen molar-refractivity contribution in [3.8, 4) is 0 Å². The van der Waals surface area contributed by atoms with Gasteiger partial charge in [-0.25, -0.2) is 0 Å². The van der Waals surface area contributed by atoms with Crippen LogP contribution in [-0.2, 0) is 30.4 Å². The van der Waals surface area contributed by atoms with E-state index < -0.39 is 0 Å². The van der Waals surface area contributed by atoms with Crippen LogP contribution in [0.2, 0.25) is 0 Å². The number of hydrogen-bond acceptors (Lipinski definition) is 3. The zero-order valence-electron chi connectivity index (χ0n) is 20.4. The maximum absolute atomic E-state index is 5.95. The molecule has 3 heteroatoms. The average Bonchev–Trinajstić information content (AvgIpc) is 2.77. The van der Waals surface area contributed by atoms with Crippen LogP contribution in [0, 0.1) is 0 Å². The van der Waals surface area contributed by atoms with E-state index in [1.54, 1.807) is 0 Å². The minimum Gasteiger partial charge on any atom is -0.382 e. The first-order chi connectivity index (χ1) is 15.2. The molecule has 0 amide bonds. The summed E-state index contributed by atoms with van der Waals surface area (Å²) in [4.78, 5) is 0. The van der Waals surface area contributed by atoms with Crippen molar-refractivity contribution in [2.24, 2.45) is 0 Å². The van der Waals surface area contributed by atoms with Gasteiger partial charge in [0.05, 0.1) is 13.2 Å². The fourth-order valence-electron chi connectivity index (χ4n) is 4.27. The zero-order valence-corrected chi connectivity index (χ0v) is 20.4. The second kappa shape index (κ2) is 14.9. The Labute approximate surface area is 191 Å². The summed E-state index contributed by atoms with van der Waals surface area (Å²) >= 11 is 0. The Balaban J connectivity index is 1.81. The van der Waals surface area contributed by atoms with Crippen LogP contribution >= 0.6 is 0 Å². The van der Waals surface area contributed by atoms with E-state index in [-0.39, 0.29) is 0 Å². The summed E-state index contributed by atoms with van der Waals surface area (Å²) in [5, 5.41) is 7.33. The van der Waals surface area contributed by atoms with Gasteiger partial charge in [-0.3, -0.25) is 0 Å². The predicted octanol–water partition coefficient (Wildman–Crippen LogP) is 7.04. The van der Waals surface area contributed by atoms with Gasteiger partial charge in [-0.2, -0.15) is 0 Å². The van der Waals surface area contributed by atoms with Gasteiger partial charge in [0.1, 0.15) is 0 Å². The van der Waals surface area contributed by atoms with E-state index in [1.165, 1.54) is 59.3 Å². The Hall–Kier alpha value is -2.00. The van der Waals surface area contributed by atoms with Crippen LogP contribution in [0.5, 0.6) is 0 Å². The minimum absolute atomic E-state index is 0.728. The van der Waals surface area contributed by atoms with Crippen molar-refractivity contribution in [1.29, 1.82) is 0 Å². The highest BCUT2D eigenvalue weighted by molar-refractivity contribution is 5.59. The molecule has 2 aromatic rings. The largest absolute Gasteiger partial charge is 0.382 e. The van der Waals surface area contributed by atoms with Gasteiger partial charge in [0.15, 0.2) is 0 Å². The number of benzene rings is 2. The Kier molecular flexibility index (Phi) is 12.2. The molecule has 0 aliphatic heterocycles. The summed E-state index contributed by atoms with van der Waals surface area (Å²) in [6, 6.07) is 13.4. The molecule has 0 aliphatic rings. The van der Waals surface area contributed by atoms with Gasteiger partial charge < -0.3 is 15.4 Å². The molecule has 0 saturated carbocycles. The molecule has 0 unspecified atom stereocenters. The van der Waals surface area contributed by atoms with Crippen molar-refractivity contribution in [3.63, 3.8) is 0 Å². The average molecular weight is 425 g/mol.